The van der Waals surface area contributed by atoms with Crippen molar-refractivity contribution in [3.63, 3.8) is 0 Å². The number of hydrogen-bond donors (Lipinski definition) is 0. The van der Waals surface area contributed by atoms with Crippen LogP contribution in [-0.2, 0) is 0 Å². The average molecular weight is 869 g/mol. The Hall–Kier alpha value is -9.26. The summed E-state index contributed by atoms with van der Waals surface area (Å²) in [5.41, 5.74) is 18.0. The summed E-state index contributed by atoms with van der Waals surface area (Å²) < 4.78 is 0. The molecule has 0 amide bonds. The van der Waals surface area contributed by atoms with Gasteiger partial charge in [0.1, 0.15) is 0 Å². The third kappa shape index (κ3) is 7.97. The highest BCUT2D eigenvalue weighted by atomic mass is 14.9. The van der Waals surface area contributed by atoms with E-state index in [9.17, 15) is 0 Å². The molecule has 0 aliphatic rings. The van der Waals surface area contributed by atoms with Crippen molar-refractivity contribution in [1.82, 2.24) is 29.9 Å². The third-order valence-corrected chi connectivity index (χ3v) is 12.5. The van der Waals surface area contributed by atoms with Crippen LogP contribution in [0.4, 0.5) is 0 Å². The van der Waals surface area contributed by atoms with Crippen LogP contribution in [0.15, 0.2) is 243 Å². The fraction of sp³-hybridized carbons (Fsp3) is 0. The van der Waals surface area contributed by atoms with Gasteiger partial charge in [-0.2, -0.15) is 0 Å². The van der Waals surface area contributed by atoms with Crippen LogP contribution < -0.4 is 0 Å². The van der Waals surface area contributed by atoms with E-state index in [0.29, 0.717) is 11.6 Å². The van der Waals surface area contributed by atoms with Crippen molar-refractivity contribution < 1.29 is 0 Å². The van der Waals surface area contributed by atoms with Crippen molar-refractivity contribution in [2.24, 2.45) is 0 Å². The van der Waals surface area contributed by atoms with Gasteiger partial charge < -0.3 is 0 Å². The maximum Gasteiger partial charge on any atom is 0.160 e. The fourth-order valence-corrected chi connectivity index (χ4v) is 8.90. The second kappa shape index (κ2) is 17.6. The summed E-state index contributed by atoms with van der Waals surface area (Å²) in [5, 5.41) is 2.24. The van der Waals surface area contributed by atoms with Crippen LogP contribution in [0.1, 0.15) is 0 Å². The SMILES string of the molecule is c1ccc(-c2cc(-c3ccc(-c4cccc5cccnc45)cc3)nc(-c3ccc(-c4ccc(-c5nc(-c6ccccc6)cc(-c6ccc(-c7cccc8cccnc78)cc6)n5)cc4)cc3)n2)cc1. The smallest absolute Gasteiger partial charge is 0.160 e. The van der Waals surface area contributed by atoms with Gasteiger partial charge in [-0.3, -0.25) is 9.97 Å². The molecule has 0 bridgehead atoms. The summed E-state index contributed by atoms with van der Waals surface area (Å²) >= 11 is 0. The van der Waals surface area contributed by atoms with Gasteiger partial charge in [-0.1, -0.05) is 206 Å². The quantitative estimate of drug-likeness (QED) is 0.144. The van der Waals surface area contributed by atoms with Crippen molar-refractivity contribution >= 4 is 21.8 Å². The molecule has 4 aromatic heterocycles. The van der Waals surface area contributed by atoms with Gasteiger partial charge in [0.25, 0.3) is 0 Å². The van der Waals surface area contributed by atoms with E-state index in [1.54, 1.807) is 0 Å². The molecule has 0 N–H and O–H groups in total. The van der Waals surface area contributed by atoms with Gasteiger partial charge in [-0.25, -0.2) is 19.9 Å². The van der Waals surface area contributed by atoms with Crippen LogP contribution in [0.2, 0.25) is 0 Å². The fourth-order valence-electron chi connectivity index (χ4n) is 8.90. The first-order chi connectivity index (χ1) is 33.7. The van der Waals surface area contributed by atoms with Crippen LogP contribution in [0.5, 0.6) is 0 Å². The molecule has 8 aromatic carbocycles. The number of para-hydroxylation sites is 2. The Morgan fingerprint density at radius 1 is 0.221 bits per heavy atom. The van der Waals surface area contributed by atoms with E-state index in [4.69, 9.17) is 19.9 Å². The molecular formula is C62H40N6. The molecule has 0 saturated heterocycles. The Labute approximate surface area is 394 Å². The molecule has 0 radical (unpaired) electrons. The second-order valence-electron chi connectivity index (χ2n) is 16.7. The van der Waals surface area contributed by atoms with Gasteiger partial charge in [0.2, 0.25) is 0 Å². The molecule has 68 heavy (non-hydrogen) atoms. The molecule has 318 valence electrons. The van der Waals surface area contributed by atoms with Gasteiger partial charge in [0, 0.05) is 67.7 Å². The van der Waals surface area contributed by atoms with Gasteiger partial charge in [-0.15, -0.1) is 0 Å². The van der Waals surface area contributed by atoms with Crippen LogP contribution >= 0.6 is 0 Å². The number of benzene rings is 8. The van der Waals surface area contributed by atoms with E-state index in [0.717, 1.165) is 111 Å². The van der Waals surface area contributed by atoms with E-state index in [2.05, 4.69) is 192 Å². The zero-order valence-corrected chi connectivity index (χ0v) is 36.8. The molecule has 0 aliphatic carbocycles. The molecule has 12 aromatic rings. The normalized spacial score (nSPS) is 11.2. The van der Waals surface area contributed by atoms with Crippen LogP contribution in [0.3, 0.4) is 0 Å². The van der Waals surface area contributed by atoms with Crippen molar-refractivity contribution in [3.8, 4) is 101 Å². The molecule has 0 unspecified atom stereocenters. The van der Waals surface area contributed by atoms with Gasteiger partial charge in [0.05, 0.1) is 33.8 Å². The Morgan fingerprint density at radius 3 is 0.912 bits per heavy atom. The minimum absolute atomic E-state index is 0.664. The minimum Gasteiger partial charge on any atom is -0.256 e. The predicted octanol–water partition coefficient (Wildman–Crippen LogP) is 15.4. The summed E-state index contributed by atoms with van der Waals surface area (Å²) in [6.45, 7) is 0. The first-order valence-corrected chi connectivity index (χ1v) is 22.7. The Morgan fingerprint density at radius 2 is 0.529 bits per heavy atom. The highest BCUT2D eigenvalue weighted by Crippen LogP contribution is 2.35. The van der Waals surface area contributed by atoms with E-state index >= 15 is 0 Å². The zero-order valence-electron chi connectivity index (χ0n) is 36.8. The lowest BCUT2D eigenvalue weighted by atomic mass is 9.99. The lowest BCUT2D eigenvalue weighted by Gasteiger charge is -2.12. The molecule has 0 saturated carbocycles. The monoisotopic (exact) mass is 868 g/mol. The van der Waals surface area contributed by atoms with Crippen LogP contribution in [0.25, 0.3) is 123 Å². The largest absolute Gasteiger partial charge is 0.256 e. The number of rotatable bonds is 9. The summed E-state index contributed by atoms with van der Waals surface area (Å²) in [6.07, 6.45) is 3.70. The van der Waals surface area contributed by atoms with Gasteiger partial charge >= 0.3 is 0 Å². The van der Waals surface area contributed by atoms with E-state index in [1.165, 1.54) is 0 Å². The first kappa shape index (κ1) is 40.3. The Balaban J connectivity index is 0.840. The number of fused-ring (bicyclic) bond motifs is 2. The summed E-state index contributed by atoms with van der Waals surface area (Å²) in [5.74, 6) is 1.33. The third-order valence-electron chi connectivity index (χ3n) is 12.5. The number of pyridine rings is 2. The molecule has 12 rings (SSSR count). The molecule has 0 spiro atoms. The summed E-state index contributed by atoms with van der Waals surface area (Å²) in [4.78, 5) is 29.9. The summed E-state index contributed by atoms with van der Waals surface area (Å²) in [7, 11) is 0. The molecule has 0 atom stereocenters. The zero-order chi connectivity index (χ0) is 45.2. The van der Waals surface area contributed by atoms with Crippen molar-refractivity contribution in [3.05, 3.63) is 243 Å². The number of nitrogens with zero attached hydrogens (tertiary/aromatic N) is 6. The molecule has 6 nitrogen and oxygen atoms in total. The first-order valence-electron chi connectivity index (χ1n) is 22.7. The van der Waals surface area contributed by atoms with Crippen LogP contribution in [0, 0.1) is 0 Å². The van der Waals surface area contributed by atoms with E-state index in [-0.39, 0.29) is 0 Å². The highest BCUT2D eigenvalue weighted by Gasteiger charge is 2.15. The van der Waals surface area contributed by atoms with Crippen molar-refractivity contribution in [2.75, 3.05) is 0 Å². The van der Waals surface area contributed by atoms with E-state index < -0.39 is 0 Å². The topological polar surface area (TPSA) is 77.3 Å². The molecule has 0 fully saturated rings. The average Bonchev–Trinajstić information content (AvgIpc) is 3.43. The Kier molecular flexibility index (Phi) is 10.4. The van der Waals surface area contributed by atoms with E-state index in [1.807, 2.05) is 60.9 Å². The van der Waals surface area contributed by atoms with Crippen molar-refractivity contribution in [2.45, 2.75) is 0 Å². The van der Waals surface area contributed by atoms with Crippen molar-refractivity contribution in [1.29, 1.82) is 0 Å². The maximum atomic E-state index is 5.15. The predicted molar refractivity (Wildman–Crippen MR) is 277 cm³/mol. The number of aromatic nitrogens is 6. The second-order valence-corrected chi connectivity index (χ2v) is 16.7. The lowest BCUT2D eigenvalue weighted by molar-refractivity contribution is 1.18. The number of hydrogen-bond acceptors (Lipinski definition) is 6. The lowest BCUT2D eigenvalue weighted by Crippen LogP contribution is -1.96. The maximum absolute atomic E-state index is 5.15. The molecule has 4 heterocycles. The van der Waals surface area contributed by atoms with Gasteiger partial charge in [0.15, 0.2) is 11.6 Å². The molecule has 0 aliphatic heterocycles. The highest BCUT2D eigenvalue weighted by molar-refractivity contribution is 5.95. The van der Waals surface area contributed by atoms with Gasteiger partial charge in [-0.05, 0) is 46.5 Å². The summed E-state index contributed by atoms with van der Waals surface area (Å²) in [6, 6.07) is 79.6. The minimum atomic E-state index is 0.664. The molecule has 6 heteroatoms. The standard InChI is InChI=1S/C62H40N6/c1-3-11-45(12-4-1)55-39-57(47-29-25-43(26-30-47)53-19-7-15-49-17-9-37-63-59(49)53)67-61(65-55)51-33-21-41(22-34-51)42-23-35-52(36-24-42)62-66-56(46-13-5-2-6-14-46)40-58(68-62)48-31-27-44(28-32-48)54-20-8-16-50-18-10-38-64-60(50)54/h1-40H. The van der Waals surface area contributed by atoms with Crippen LogP contribution in [-0.4, -0.2) is 29.9 Å². The Bertz CT molecular complexity index is 3480. The molecular weight excluding hydrogens is 829 g/mol.